The molecule has 0 N–H and O–H groups in total. The molecule has 2 fully saturated rings. The van der Waals surface area contributed by atoms with Gasteiger partial charge in [0.05, 0.1) is 5.56 Å². The first-order chi connectivity index (χ1) is 16.0. The quantitative estimate of drug-likeness (QED) is 0.605. The average molecular weight is 449 g/mol. The van der Waals surface area contributed by atoms with Crippen molar-refractivity contribution in [1.82, 2.24) is 9.80 Å². The van der Waals surface area contributed by atoms with Gasteiger partial charge in [-0.1, -0.05) is 24.3 Å². The van der Waals surface area contributed by atoms with Gasteiger partial charge in [-0.15, -0.1) is 0 Å². The van der Waals surface area contributed by atoms with Crippen LogP contribution in [0.4, 0.5) is 0 Å². The second-order valence-corrected chi connectivity index (χ2v) is 9.59. The summed E-state index contributed by atoms with van der Waals surface area (Å²) in [6.45, 7) is 4.04. The van der Waals surface area contributed by atoms with Gasteiger partial charge in [-0.05, 0) is 75.9 Å². The Kier molecular flexibility index (Phi) is 6.11. The largest absolute Gasteiger partial charge is 0.457 e. The normalized spacial score (nSPS) is 24.5. The Morgan fingerprint density at radius 3 is 2.55 bits per heavy atom. The van der Waals surface area contributed by atoms with Crippen molar-refractivity contribution in [3.63, 3.8) is 0 Å². The number of benzene rings is 2. The molecule has 33 heavy (non-hydrogen) atoms. The summed E-state index contributed by atoms with van der Waals surface area (Å²) in [4.78, 5) is 30.1. The predicted octanol–water partition coefficient (Wildman–Crippen LogP) is 4.59. The van der Waals surface area contributed by atoms with Gasteiger partial charge in [0.1, 0.15) is 17.1 Å². The Balaban J connectivity index is 1.22. The topological polar surface area (TPSA) is 59.1 Å². The fraction of sp³-hybridized carbons (Fsp3) is 0.481. The lowest BCUT2D eigenvalue weighted by Gasteiger charge is -2.37. The van der Waals surface area contributed by atoms with E-state index in [0.717, 1.165) is 50.3 Å². The Hall–Kier alpha value is -2.86. The molecule has 1 spiro atoms. The summed E-state index contributed by atoms with van der Waals surface area (Å²) in [6, 6.07) is 15.2. The molecule has 0 atom stereocenters. The molecule has 0 bridgehead atoms. The van der Waals surface area contributed by atoms with E-state index in [1.807, 2.05) is 54.4 Å². The number of likely N-dealkylation sites (tertiary alicyclic amines) is 1. The molecule has 0 unspecified atom stereocenters. The van der Waals surface area contributed by atoms with Crippen molar-refractivity contribution < 1.29 is 19.1 Å². The molecule has 2 aromatic rings. The zero-order valence-electron chi connectivity index (χ0n) is 19.3. The van der Waals surface area contributed by atoms with E-state index >= 15 is 0 Å². The molecule has 1 saturated carbocycles. The van der Waals surface area contributed by atoms with Crippen LogP contribution in [0.3, 0.4) is 0 Å². The van der Waals surface area contributed by atoms with Crippen LogP contribution in [0, 0.1) is 5.92 Å². The first kappa shape index (κ1) is 22.0. The summed E-state index contributed by atoms with van der Waals surface area (Å²) in [7, 11) is 1.92. The number of para-hydroxylation sites is 1. The van der Waals surface area contributed by atoms with Gasteiger partial charge < -0.3 is 19.3 Å². The molecule has 2 heterocycles. The Bertz CT molecular complexity index is 1010. The van der Waals surface area contributed by atoms with Crippen molar-refractivity contribution >= 4 is 11.9 Å². The summed E-state index contributed by atoms with van der Waals surface area (Å²) >= 11 is 0. The monoisotopic (exact) mass is 448 g/mol. The van der Waals surface area contributed by atoms with Crippen molar-refractivity contribution in [2.75, 3.05) is 33.2 Å². The van der Waals surface area contributed by atoms with Gasteiger partial charge in [0.15, 0.2) is 0 Å². The van der Waals surface area contributed by atoms with E-state index in [-0.39, 0.29) is 17.8 Å². The number of esters is 1. The standard InChI is InChI=1S/C27H32N2O4/c1-28(17-18-29-15-5-6-16-29)25(30)20-11-13-27(14-12-20)24-10-9-22(19-23(24)26(31)33-27)32-21-7-3-2-4-8-21/h2-4,7-10,19-20H,5-6,11-18H2,1H3/t20-,27-. The Labute approximate surface area is 195 Å². The van der Waals surface area contributed by atoms with Gasteiger partial charge in [-0.2, -0.15) is 0 Å². The summed E-state index contributed by atoms with van der Waals surface area (Å²) < 4.78 is 11.8. The Morgan fingerprint density at radius 2 is 1.82 bits per heavy atom. The lowest BCUT2D eigenvalue weighted by molar-refractivity contribution is -0.137. The average Bonchev–Trinajstić information content (AvgIpc) is 3.45. The number of amides is 1. The van der Waals surface area contributed by atoms with Crippen LogP contribution in [0.1, 0.15) is 54.4 Å². The molecule has 2 aromatic carbocycles. The smallest absolute Gasteiger partial charge is 0.339 e. The van der Waals surface area contributed by atoms with E-state index < -0.39 is 5.60 Å². The SMILES string of the molecule is CN(CCN1CCCC1)C(=O)[C@H]1CC[C@@]2(CC1)OC(=O)c1cc(Oc3ccccc3)ccc12. The predicted molar refractivity (Wildman–Crippen MR) is 125 cm³/mol. The van der Waals surface area contributed by atoms with Crippen LogP contribution in [0.2, 0.25) is 0 Å². The zero-order chi connectivity index (χ0) is 22.8. The van der Waals surface area contributed by atoms with Gasteiger partial charge in [-0.3, -0.25) is 4.79 Å². The van der Waals surface area contributed by atoms with Crippen molar-refractivity contribution in [1.29, 1.82) is 0 Å². The minimum absolute atomic E-state index is 0.00245. The summed E-state index contributed by atoms with van der Waals surface area (Å²) in [5.41, 5.74) is 0.903. The highest BCUT2D eigenvalue weighted by Crippen LogP contribution is 2.49. The summed E-state index contributed by atoms with van der Waals surface area (Å²) in [6.07, 6.45) is 5.37. The van der Waals surface area contributed by atoms with E-state index in [9.17, 15) is 9.59 Å². The molecule has 0 radical (unpaired) electrons. The summed E-state index contributed by atoms with van der Waals surface area (Å²) in [5, 5.41) is 0. The van der Waals surface area contributed by atoms with Crippen molar-refractivity contribution in [2.45, 2.75) is 44.1 Å². The van der Waals surface area contributed by atoms with Crippen LogP contribution in [0.15, 0.2) is 48.5 Å². The molecule has 6 heteroatoms. The van der Waals surface area contributed by atoms with Crippen LogP contribution in [0.5, 0.6) is 11.5 Å². The molecule has 1 aliphatic carbocycles. The van der Waals surface area contributed by atoms with E-state index in [2.05, 4.69) is 4.90 Å². The molecule has 6 nitrogen and oxygen atoms in total. The number of rotatable bonds is 6. The van der Waals surface area contributed by atoms with Crippen molar-refractivity contribution in [3.8, 4) is 11.5 Å². The zero-order valence-corrected chi connectivity index (χ0v) is 19.3. The second kappa shape index (κ2) is 9.18. The fourth-order valence-corrected chi connectivity index (χ4v) is 5.49. The number of hydrogen-bond donors (Lipinski definition) is 0. The number of carbonyl (C=O) groups excluding carboxylic acids is 2. The molecular weight excluding hydrogens is 416 g/mol. The fourth-order valence-electron chi connectivity index (χ4n) is 5.49. The van der Waals surface area contributed by atoms with Gasteiger partial charge >= 0.3 is 5.97 Å². The third-order valence-corrected chi connectivity index (χ3v) is 7.44. The molecule has 3 aliphatic rings. The summed E-state index contributed by atoms with van der Waals surface area (Å²) in [5.74, 6) is 1.28. The van der Waals surface area contributed by atoms with Crippen LogP contribution in [-0.2, 0) is 15.1 Å². The molecule has 5 rings (SSSR count). The van der Waals surface area contributed by atoms with Crippen molar-refractivity contribution in [3.05, 3.63) is 59.7 Å². The van der Waals surface area contributed by atoms with Crippen LogP contribution in [-0.4, -0.2) is 54.9 Å². The number of hydrogen-bond acceptors (Lipinski definition) is 5. The van der Waals surface area contributed by atoms with Crippen LogP contribution in [0.25, 0.3) is 0 Å². The molecule has 0 aromatic heterocycles. The first-order valence-corrected chi connectivity index (χ1v) is 12.1. The third-order valence-electron chi connectivity index (χ3n) is 7.44. The maximum atomic E-state index is 13.0. The number of ether oxygens (including phenoxy) is 2. The number of nitrogens with zero attached hydrogens (tertiary/aromatic N) is 2. The third kappa shape index (κ3) is 4.49. The highest BCUT2D eigenvalue weighted by molar-refractivity contribution is 5.95. The number of fused-ring (bicyclic) bond motifs is 2. The molecular formula is C27H32N2O4. The van der Waals surface area contributed by atoms with Crippen molar-refractivity contribution in [2.24, 2.45) is 5.92 Å². The van der Waals surface area contributed by atoms with Gasteiger partial charge in [0.2, 0.25) is 5.91 Å². The van der Waals surface area contributed by atoms with E-state index in [4.69, 9.17) is 9.47 Å². The van der Waals surface area contributed by atoms with Gasteiger partial charge in [0, 0.05) is 31.6 Å². The first-order valence-electron chi connectivity index (χ1n) is 12.1. The van der Waals surface area contributed by atoms with E-state index in [1.54, 1.807) is 6.07 Å². The minimum atomic E-state index is -0.609. The van der Waals surface area contributed by atoms with Gasteiger partial charge in [0.25, 0.3) is 0 Å². The van der Waals surface area contributed by atoms with Gasteiger partial charge in [-0.25, -0.2) is 4.79 Å². The Morgan fingerprint density at radius 1 is 1.09 bits per heavy atom. The lowest BCUT2D eigenvalue weighted by atomic mass is 9.74. The van der Waals surface area contributed by atoms with Crippen LogP contribution < -0.4 is 4.74 Å². The molecule has 2 aliphatic heterocycles. The van der Waals surface area contributed by atoms with Crippen LogP contribution >= 0.6 is 0 Å². The number of likely N-dealkylation sites (N-methyl/N-ethyl adjacent to an activating group) is 1. The second-order valence-electron chi connectivity index (χ2n) is 9.59. The number of carbonyl (C=O) groups is 2. The lowest BCUT2D eigenvalue weighted by Crippen LogP contribution is -2.41. The highest BCUT2D eigenvalue weighted by atomic mass is 16.6. The molecule has 1 saturated heterocycles. The minimum Gasteiger partial charge on any atom is -0.457 e. The highest BCUT2D eigenvalue weighted by Gasteiger charge is 2.48. The van der Waals surface area contributed by atoms with E-state index in [0.29, 0.717) is 24.2 Å². The molecule has 1 amide bonds. The van der Waals surface area contributed by atoms with E-state index in [1.165, 1.54) is 12.8 Å². The maximum absolute atomic E-state index is 13.0. The molecule has 174 valence electrons. The maximum Gasteiger partial charge on any atom is 0.339 e.